The Labute approximate surface area is 119 Å². The number of rotatable bonds is 8. The summed E-state index contributed by atoms with van der Waals surface area (Å²) < 4.78 is 17.7. The highest BCUT2D eigenvalue weighted by molar-refractivity contribution is 5.91. The summed E-state index contributed by atoms with van der Waals surface area (Å²) >= 11 is 0. The fourth-order valence-electron chi connectivity index (χ4n) is 0.795. The van der Waals surface area contributed by atoms with Crippen molar-refractivity contribution in [1.82, 2.24) is 0 Å². The van der Waals surface area contributed by atoms with Crippen LogP contribution in [0.2, 0.25) is 0 Å². The van der Waals surface area contributed by atoms with E-state index in [4.69, 9.17) is 10.8 Å². The highest BCUT2D eigenvalue weighted by Gasteiger charge is 2.21. The quantitative estimate of drug-likeness (QED) is 0.176. The van der Waals surface area contributed by atoms with E-state index in [2.05, 4.69) is 18.9 Å². The summed E-state index contributed by atoms with van der Waals surface area (Å²) in [4.78, 5) is 43.1. The molecule has 0 rings (SSSR count). The van der Waals surface area contributed by atoms with E-state index in [-0.39, 0.29) is 13.2 Å². The van der Waals surface area contributed by atoms with Gasteiger partial charge < -0.3 is 29.8 Å². The Balaban J connectivity index is 3.73. The molecule has 0 unspecified atom stereocenters. The Morgan fingerprint density at radius 2 is 1.62 bits per heavy atom. The summed E-state index contributed by atoms with van der Waals surface area (Å²) in [5.41, 5.74) is 5.14. The van der Waals surface area contributed by atoms with Crippen molar-refractivity contribution < 1.29 is 43.2 Å². The highest BCUT2D eigenvalue weighted by atomic mass is 16.7. The summed E-state index contributed by atoms with van der Waals surface area (Å²) in [6.07, 6.45) is 0.604. The zero-order chi connectivity index (χ0) is 16.3. The van der Waals surface area contributed by atoms with Gasteiger partial charge in [0.25, 0.3) is 0 Å². The summed E-state index contributed by atoms with van der Waals surface area (Å²) in [6, 6.07) is -1.24. The average molecular weight is 306 g/mol. The van der Waals surface area contributed by atoms with Crippen molar-refractivity contribution in [3.8, 4) is 0 Å². The van der Waals surface area contributed by atoms with Crippen molar-refractivity contribution in [2.45, 2.75) is 6.04 Å². The van der Waals surface area contributed by atoms with E-state index < -0.39 is 36.7 Å². The minimum absolute atomic E-state index is 0.261. The predicted octanol–water partition coefficient (Wildman–Crippen LogP) is -2.01. The molecule has 0 aromatic rings. The van der Waals surface area contributed by atoms with Crippen molar-refractivity contribution in [3.05, 3.63) is 12.2 Å². The van der Waals surface area contributed by atoms with E-state index in [0.29, 0.717) is 0 Å². The van der Waals surface area contributed by atoms with Crippen LogP contribution in [0.25, 0.3) is 0 Å². The molecule has 0 aromatic carbocycles. The molecule has 0 saturated carbocycles. The first-order valence-electron chi connectivity index (χ1n) is 5.60. The molecule has 0 fully saturated rings. The average Bonchev–Trinajstić information content (AvgIpc) is 2.46. The SMILES string of the molecule is COC(=O)/C=C/C(=O)OCCOC(=O)OC[C@H](N)C(=O)[OH2+]. The maximum Gasteiger partial charge on any atom is 0.536 e. The van der Waals surface area contributed by atoms with E-state index in [1.165, 1.54) is 0 Å². The lowest BCUT2D eigenvalue weighted by Gasteiger charge is -2.06. The number of carbonyl (C=O) groups excluding carboxylic acids is 4. The smallest absolute Gasteiger partial charge is 0.536 e. The Hall–Kier alpha value is -2.62. The molecule has 0 saturated heterocycles. The fourth-order valence-corrected chi connectivity index (χ4v) is 0.795. The van der Waals surface area contributed by atoms with Crippen LogP contribution in [0.4, 0.5) is 4.79 Å². The van der Waals surface area contributed by atoms with Gasteiger partial charge in [-0.1, -0.05) is 0 Å². The number of ether oxygens (including phenoxy) is 4. The molecule has 118 valence electrons. The van der Waals surface area contributed by atoms with E-state index in [1.54, 1.807) is 0 Å². The van der Waals surface area contributed by atoms with Gasteiger partial charge in [-0.25, -0.2) is 14.4 Å². The first-order valence-corrected chi connectivity index (χ1v) is 5.60. The monoisotopic (exact) mass is 306 g/mol. The van der Waals surface area contributed by atoms with Gasteiger partial charge in [0.2, 0.25) is 0 Å². The normalized spacial score (nSPS) is 11.5. The van der Waals surface area contributed by atoms with Gasteiger partial charge >= 0.3 is 24.1 Å². The molecular weight excluding hydrogens is 290 g/mol. The molecule has 0 radical (unpaired) electrons. The summed E-state index contributed by atoms with van der Waals surface area (Å²) in [5.74, 6) is -2.61. The fraction of sp³-hybridized carbons (Fsp3) is 0.455. The van der Waals surface area contributed by atoms with Crippen molar-refractivity contribution in [2.24, 2.45) is 5.73 Å². The van der Waals surface area contributed by atoms with Crippen molar-refractivity contribution >= 4 is 24.1 Å². The molecule has 0 bridgehead atoms. The molecule has 0 heterocycles. The van der Waals surface area contributed by atoms with Gasteiger partial charge in [-0.3, -0.25) is 0 Å². The molecule has 0 spiro atoms. The zero-order valence-corrected chi connectivity index (χ0v) is 11.2. The number of hydrogen-bond donors (Lipinski definition) is 1. The van der Waals surface area contributed by atoms with Crippen molar-refractivity contribution in [2.75, 3.05) is 26.9 Å². The zero-order valence-electron chi connectivity index (χ0n) is 11.2. The Morgan fingerprint density at radius 1 is 1.05 bits per heavy atom. The van der Waals surface area contributed by atoms with E-state index in [1.807, 2.05) is 0 Å². The van der Waals surface area contributed by atoms with E-state index in [0.717, 1.165) is 19.3 Å². The van der Waals surface area contributed by atoms with Crippen LogP contribution < -0.4 is 5.73 Å². The number of hydrogen-bond acceptors (Lipinski definition) is 9. The minimum Gasteiger partial charge on any atom is -0.563 e. The largest absolute Gasteiger partial charge is 0.563 e. The van der Waals surface area contributed by atoms with Crippen LogP contribution in [0.1, 0.15) is 0 Å². The predicted molar refractivity (Wildman–Crippen MR) is 66.0 cm³/mol. The third-order valence-electron chi connectivity index (χ3n) is 1.82. The first kappa shape index (κ1) is 18.4. The molecule has 0 amide bonds. The van der Waals surface area contributed by atoms with Crippen LogP contribution >= 0.6 is 0 Å². The summed E-state index contributed by atoms with van der Waals surface area (Å²) in [7, 11) is 1.15. The lowest BCUT2D eigenvalue weighted by molar-refractivity contribution is -0.141. The van der Waals surface area contributed by atoms with Crippen LogP contribution in [-0.2, 0) is 33.3 Å². The topological polar surface area (TPSA) is 154 Å². The highest BCUT2D eigenvalue weighted by Crippen LogP contribution is 1.90. The Kier molecular flexibility index (Phi) is 8.93. The molecule has 21 heavy (non-hydrogen) atoms. The minimum atomic E-state index is -1.24. The van der Waals surface area contributed by atoms with Crippen LogP contribution in [0.3, 0.4) is 0 Å². The van der Waals surface area contributed by atoms with Crippen LogP contribution in [-0.4, -0.2) is 62.1 Å². The second kappa shape index (κ2) is 10.2. The van der Waals surface area contributed by atoms with Crippen LogP contribution in [0.15, 0.2) is 12.2 Å². The number of nitrogens with two attached hydrogens (primary N) is 1. The molecule has 1 atom stereocenters. The van der Waals surface area contributed by atoms with Crippen molar-refractivity contribution in [1.29, 1.82) is 0 Å². The van der Waals surface area contributed by atoms with Crippen LogP contribution in [0, 0.1) is 0 Å². The van der Waals surface area contributed by atoms with Gasteiger partial charge in [-0.15, -0.1) is 0 Å². The standard InChI is InChI=1S/C11H15NO9/c1-18-8(13)2-3-9(14)19-4-5-20-11(17)21-6-7(12)10(15)16/h2-3,7H,4-6,12H2,1H3,(H,15,16)/p+1/b3-2+/t7-/m0/s1. The van der Waals surface area contributed by atoms with Crippen molar-refractivity contribution in [3.63, 3.8) is 0 Å². The maximum atomic E-state index is 11.0. The molecule has 10 nitrogen and oxygen atoms in total. The Bertz CT molecular complexity index is 418. The van der Waals surface area contributed by atoms with Gasteiger partial charge in [0, 0.05) is 16.9 Å². The molecule has 0 aromatic heterocycles. The van der Waals surface area contributed by atoms with Gasteiger partial charge in [0.15, 0.2) is 6.04 Å². The van der Waals surface area contributed by atoms with Crippen LogP contribution in [0.5, 0.6) is 0 Å². The lowest BCUT2D eigenvalue weighted by Crippen LogP contribution is -2.35. The molecule has 10 heteroatoms. The van der Waals surface area contributed by atoms with E-state index in [9.17, 15) is 19.2 Å². The maximum absolute atomic E-state index is 11.0. The van der Waals surface area contributed by atoms with Gasteiger partial charge in [0.1, 0.15) is 19.8 Å². The Morgan fingerprint density at radius 3 is 2.19 bits per heavy atom. The summed E-state index contributed by atoms with van der Waals surface area (Å²) in [6.45, 7) is -1.04. The lowest BCUT2D eigenvalue weighted by atomic mass is 10.3. The molecule has 0 aliphatic heterocycles. The number of carbonyl (C=O) groups is 4. The van der Waals surface area contributed by atoms with Gasteiger partial charge in [-0.2, -0.15) is 0 Å². The van der Waals surface area contributed by atoms with Gasteiger partial charge in [-0.05, 0) is 0 Å². The molecule has 0 aliphatic carbocycles. The number of methoxy groups -OCH3 is 1. The van der Waals surface area contributed by atoms with Gasteiger partial charge in [0.05, 0.1) is 7.11 Å². The third kappa shape index (κ3) is 9.90. The number of esters is 2. The molecule has 4 N–H and O–H groups in total. The molecule has 0 aliphatic rings. The second-order valence-corrected chi connectivity index (χ2v) is 3.40. The first-order chi connectivity index (χ1) is 9.86. The third-order valence-corrected chi connectivity index (χ3v) is 1.82. The summed E-state index contributed by atoms with van der Waals surface area (Å²) in [5, 5.41) is 6.63. The molecular formula is C11H16NO9+. The second-order valence-electron chi connectivity index (χ2n) is 3.40. The van der Waals surface area contributed by atoms with E-state index >= 15 is 0 Å².